The number of ketones is 1. The number of aliphatic carboxylic acids is 1. The van der Waals surface area contributed by atoms with E-state index in [2.05, 4.69) is 55.4 Å². The number of carbonyl (C=O) groups is 4. The largest absolute Gasteiger partial charge is 0.481 e. The number of Topliss-reactive ketones (excluding diaryl/α,β-unsaturated/α-hetero) is 1. The summed E-state index contributed by atoms with van der Waals surface area (Å²) in [5, 5.41) is 21.9. The first kappa shape index (κ1) is 42.9. The van der Waals surface area contributed by atoms with Crippen LogP contribution in [0.25, 0.3) is 0 Å². The van der Waals surface area contributed by atoms with Crippen molar-refractivity contribution in [2.24, 2.45) is 56.2 Å². The van der Waals surface area contributed by atoms with Gasteiger partial charge in [-0.1, -0.05) is 86.6 Å². The predicted octanol–water partition coefficient (Wildman–Crippen LogP) is 9.56. The maximum Gasteiger partial charge on any atom is 0.309 e. The summed E-state index contributed by atoms with van der Waals surface area (Å²) in [6, 6.07) is 0. The number of rotatable bonds is 12. The Kier molecular flexibility index (Phi) is 12.1. The van der Waals surface area contributed by atoms with Crippen molar-refractivity contribution in [1.82, 2.24) is 4.90 Å². The molecule has 5 rings (SSSR count). The van der Waals surface area contributed by atoms with Gasteiger partial charge in [-0.15, -0.1) is 0 Å². The van der Waals surface area contributed by atoms with Crippen LogP contribution in [0.4, 0.5) is 0 Å². The number of fused-ring (bicyclic) bond motifs is 2. The highest BCUT2D eigenvalue weighted by Crippen LogP contribution is 2.73. The van der Waals surface area contributed by atoms with Gasteiger partial charge in [-0.3, -0.25) is 19.2 Å². The van der Waals surface area contributed by atoms with Gasteiger partial charge in [0.05, 0.1) is 17.9 Å². The number of carbonyl (C=O) groups excluding carboxylic acids is 3. The van der Waals surface area contributed by atoms with Crippen LogP contribution < -0.4 is 0 Å². The molecule has 4 saturated carbocycles. The van der Waals surface area contributed by atoms with Gasteiger partial charge in [-0.25, -0.2) is 0 Å². The molecule has 0 aromatic carbocycles. The Morgan fingerprint density at radius 2 is 1.57 bits per heavy atom. The quantitative estimate of drug-likeness (QED) is 0.191. The minimum atomic E-state index is -1.18. The fourth-order valence-corrected chi connectivity index (χ4v) is 13.3. The lowest BCUT2D eigenvalue weighted by atomic mass is 9.37. The molecule has 0 saturated heterocycles. The second kappa shape index (κ2) is 15.3. The SMILES string of the molecule is CCC[C@@H]1[C@@]2(C)CC[C@H](OC(=O)CC(C)(C)C(=O)O)C(C)(C)[C@@H]2CC[C@@]1(C)[C@]1(C)CC[C@@]2([C@@H](O)CN(C)C(=O)C3CCCCC3)CC(=O)C(C(C)C)=C2C1. The van der Waals surface area contributed by atoms with Crippen molar-refractivity contribution in [3.05, 3.63) is 11.1 Å². The van der Waals surface area contributed by atoms with Crippen molar-refractivity contribution in [3.8, 4) is 0 Å². The minimum Gasteiger partial charge on any atom is -0.481 e. The Hall–Kier alpha value is -2.22. The molecule has 0 aliphatic heterocycles. The number of nitrogens with zero attached hydrogens (tertiary/aromatic N) is 1. The average Bonchev–Trinajstić information content (AvgIpc) is 3.39. The van der Waals surface area contributed by atoms with E-state index in [1.165, 1.54) is 12.0 Å². The van der Waals surface area contributed by atoms with Gasteiger partial charge in [0.1, 0.15) is 6.10 Å². The van der Waals surface area contributed by atoms with Crippen LogP contribution in [-0.4, -0.2) is 64.5 Å². The number of hydrogen-bond acceptors (Lipinski definition) is 6. The number of aliphatic hydroxyl groups is 1. The van der Waals surface area contributed by atoms with Gasteiger partial charge < -0.3 is 19.8 Å². The Balaban J connectivity index is 1.43. The number of likely N-dealkylation sites (N-methyl/N-ethyl adjacent to an activating group) is 1. The molecule has 8 heteroatoms. The zero-order valence-electron chi connectivity index (χ0n) is 35.9. The lowest BCUT2D eigenvalue weighted by molar-refractivity contribution is -0.214. The third kappa shape index (κ3) is 7.25. The zero-order chi connectivity index (χ0) is 40.2. The number of esters is 1. The van der Waals surface area contributed by atoms with Gasteiger partial charge in [-0.05, 0) is 118 Å². The number of ether oxygens (including phenoxy) is 1. The molecule has 0 aromatic heterocycles. The van der Waals surface area contributed by atoms with E-state index in [4.69, 9.17) is 4.74 Å². The standard InChI is InChI=1S/C46H75NO7/c1-12-16-34-44(9)21-20-36(54-37(50)27-41(4,5)40(52)53)42(6,7)33(44)19-22-45(34,10)43(8)23-24-46(26-32(48)38(29(2)3)31(46)25-43)35(49)28-47(11)39(51)30-17-14-13-15-18-30/h29-30,33-36,49H,12-28H2,1-11H3,(H,52,53)/t33-,34+,35-,36-,43+,44-,45+,46+/m0/s1. The van der Waals surface area contributed by atoms with Gasteiger partial charge in [0, 0.05) is 36.8 Å². The van der Waals surface area contributed by atoms with Gasteiger partial charge in [0.15, 0.2) is 5.78 Å². The minimum absolute atomic E-state index is 0.00968. The van der Waals surface area contributed by atoms with Crippen molar-refractivity contribution in [1.29, 1.82) is 0 Å². The summed E-state index contributed by atoms with van der Waals surface area (Å²) in [5.41, 5.74) is -0.0950. The fraction of sp³-hybridized carbons (Fsp3) is 0.870. The molecule has 54 heavy (non-hydrogen) atoms. The van der Waals surface area contributed by atoms with Crippen molar-refractivity contribution in [2.45, 2.75) is 184 Å². The molecule has 306 valence electrons. The van der Waals surface area contributed by atoms with Crippen LogP contribution >= 0.6 is 0 Å². The zero-order valence-corrected chi connectivity index (χ0v) is 35.9. The van der Waals surface area contributed by atoms with Crippen molar-refractivity contribution < 1.29 is 34.1 Å². The maximum atomic E-state index is 14.0. The predicted molar refractivity (Wildman–Crippen MR) is 212 cm³/mol. The first-order valence-corrected chi connectivity index (χ1v) is 21.6. The molecule has 1 amide bonds. The van der Waals surface area contributed by atoms with Crippen molar-refractivity contribution >= 4 is 23.6 Å². The number of carboxylic acids is 1. The first-order valence-electron chi connectivity index (χ1n) is 21.6. The monoisotopic (exact) mass is 754 g/mol. The fourth-order valence-electron chi connectivity index (χ4n) is 13.3. The summed E-state index contributed by atoms with van der Waals surface area (Å²) in [5.74, 6) is -0.258. The molecule has 0 radical (unpaired) electrons. The molecule has 5 aliphatic carbocycles. The summed E-state index contributed by atoms with van der Waals surface area (Å²) < 4.78 is 6.18. The smallest absolute Gasteiger partial charge is 0.309 e. The Morgan fingerprint density at radius 3 is 2.17 bits per heavy atom. The van der Waals surface area contributed by atoms with E-state index in [-0.39, 0.29) is 64.3 Å². The van der Waals surface area contributed by atoms with Crippen LogP contribution in [0.15, 0.2) is 11.1 Å². The van der Waals surface area contributed by atoms with E-state index >= 15 is 0 Å². The molecule has 8 nitrogen and oxygen atoms in total. The van der Waals surface area contributed by atoms with Crippen molar-refractivity contribution in [3.63, 3.8) is 0 Å². The Labute approximate surface area is 327 Å². The molecule has 4 fully saturated rings. The maximum absolute atomic E-state index is 14.0. The summed E-state index contributed by atoms with van der Waals surface area (Å²) in [7, 11) is 1.84. The number of carboxylic acid groups (broad SMARTS) is 1. The van der Waals surface area contributed by atoms with Gasteiger partial charge in [-0.2, -0.15) is 0 Å². The lowest BCUT2D eigenvalue weighted by Gasteiger charge is -2.68. The highest BCUT2D eigenvalue weighted by atomic mass is 16.5. The summed E-state index contributed by atoms with van der Waals surface area (Å²) in [6.07, 6.45) is 12.7. The van der Waals surface area contributed by atoms with E-state index in [0.717, 1.165) is 89.0 Å². The third-order valence-electron chi connectivity index (χ3n) is 16.8. The molecule has 0 heterocycles. The average molecular weight is 754 g/mol. The van der Waals surface area contributed by atoms with Crippen LogP contribution in [0, 0.1) is 56.2 Å². The molecule has 8 atom stereocenters. The molecular formula is C46H75NO7. The van der Waals surface area contributed by atoms with E-state index < -0.39 is 28.9 Å². The Bertz CT molecular complexity index is 1490. The Morgan fingerprint density at radius 1 is 0.926 bits per heavy atom. The molecule has 0 spiro atoms. The van der Waals surface area contributed by atoms with Gasteiger partial charge in [0.25, 0.3) is 0 Å². The lowest BCUT2D eigenvalue weighted by Crippen LogP contribution is -2.62. The van der Waals surface area contributed by atoms with E-state index in [1.807, 2.05) is 7.05 Å². The van der Waals surface area contributed by atoms with Gasteiger partial charge >= 0.3 is 11.9 Å². The molecule has 0 aromatic rings. The van der Waals surface area contributed by atoms with Crippen LogP contribution in [0.5, 0.6) is 0 Å². The second-order valence-corrected chi connectivity index (χ2v) is 21.2. The molecule has 0 unspecified atom stereocenters. The molecular weight excluding hydrogens is 679 g/mol. The normalized spacial score (nSPS) is 36.4. The van der Waals surface area contributed by atoms with E-state index in [1.54, 1.807) is 18.7 Å². The number of allylic oxidation sites excluding steroid dienone is 1. The van der Waals surface area contributed by atoms with Gasteiger partial charge in [0.2, 0.25) is 5.91 Å². The van der Waals surface area contributed by atoms with E-state index in [9.17, 15) is 29.4 Å². The van der Waals surface area contributed by atoms with Crippen LogP contribution in [-0.2, 0) is 23.9 Å². The van der Waals surface area contributed by atoms with E-state index in [0.29, 0.717) is 18.3 Å². The summed E-state index contributed by atoms with van der Waals surface area (Å²) in [4.78, 5) is 54.2. The molecule has 2 N–H and O–H groups in total. The summed E-state index contributed by atoms with van der Waals surface area (Å²) in [6.45, 7) is 22.0. The van der Waals surface area contributed by atoms with Crippen LogP contribution in [0.3, 0.4) is 0 Å². The van der Waals surface area contributed by atoms with Crippen LogP contribution in [0.2, 0.25) is 0 Å². The van der Waals surface area contributed by atoms with Crippen LogP contribution in [0.1, 0.15) is 172 Å². The third-order valence-corrected chi connectivity index (χ3v) is 16.8. The topological polar surface area (TPSA) is 121 Å². The first-order chi connectivity index (χ1) is 25.0. The second-order valence-electron chi connectivity index (χ2n) is 21.2. The number of hydrogen-bond donors (Lipinski definition) is 2. The molecule has 5 aliphatic rings. The highest BCUT2D eigenvalue weighted by Gasteiger charge is 2.66. The number of amides is 1. The molecule has 0 bridgehead atoms. The summed E-state index contributed by atoms with van der Waals surface area (Å²) >= 11 is 0. The number of aliphatic hydroxyl groups excluding tert-OH is 1. The highest BCUT2D eigenvalue weighted by molar-refractivity contribution is 6.00. The van der Waals surface area contributed by atoms with Crippen molar-refractivity contribution in [2.75, 3.05) is 13.6 Å².